The van der Waals surface area contributed by atoms with E-state index < -0.39 is 0 Å². The van der Waals surface area contributed by atoms with Crippen LogP contribution in [0.4, 0.5) is 5.69 Å². The van der Waals surface area contributed by atoms with Gasteiger partial charge in [0.2, 0.25) is 0 Å². The first-order valence-electron chi connectivity index (χ1n) is 6.71. The van der Waals surface area contributed by atoms with Crippen LogP contribution in [0.5, 0.6) is 0 Å². The summed E-state index contributed by atoms with van der Waals surface area (Å²) in [5, 5.41) is 2.95. The molecule has 4 nitrogen and oxygen atoms in total. The van der Waals surface area contributed by atoms with E-state index >= 15 is 0 Å². The van der Waals surface area contributed by atoms with Crippen molar-refractivity contribution in [2.24, 2.45) is 0 Å². The normalized spacial score (nSPS) is 10.8. The Hall–Kier alpha value is -1.55. The van der Waals surface area contributed by atoms with E-state index in [9.17, 15) is 4.79 Å². The van der Waals surface area contributed by atoms with E-state index in [-0.39, 0.29) is 5.91 Å². The number of nitrogen functional groups attached to an aromatic ring is 1. The van der Waals surface area contributed by atoms with E-state index in [1.807, 2.05) is 19.9 Å². The zero-order valence-corrected chi connectivity index (χ0v) is 12.4. The Morgan fingerprint density at radius 3 is 2.53 bits per heavy atom. The minimum Gasteiger partial charge on any atom is -0.398 e. The van der Waals surface area contributed by atoms with Gasteiger partial charge >= 0.3 is 0 Å². The van der Waals surface area contributed by atoms with Gasteiger partial charge in [-0.15, -0.1) is 0 Å². The van der Waals surface area contributed by atoms with Crippen molar-refractivity contribution in [3.05, 3.63) is 28.8 Å². The number of hydrogen-bond acceptors (Lipinski definition) is 3. The number of anilines is 1. The first kappa shape index (κ1) is 15.5. The topological polar surface area (TPSA) is 58.4 Å². The smallest absolute Gasteiger partial charge is 0.251 e. The Labute approximate surface area is 116 Å². The van der Waals surface area contributed by atoms with E-state index in [0.717, 1.165) is 30.5 Å². The molecule has 0 aliphatic heterocycles. The molecule has 1 aromatic rings. The van der Waals surface area contributed by atoms with Crippen LogP contribution in [0, 0.1) is 13.8 Å². The van der Waals surface area contributed by atoms with Crippen molar-refractivity contribution in [3.63, 3.8) is 0 Å². The highest BCUT2D eigenvalue weighted by Gasteiger charge is 2.10. The first-order valence-corrected chi connectivity index (χ1v) is 6.71. The van der Waals surface area contributed by atoms with Crippen LogP contribution in [-0.4, -0.2) is 38.0 Å². The molecule has 3 N–H and O–H groups in total. The van der Waals surface area contributed by atoms with Crippen molar-refractivity contribution >= 4 is 11.6 Å². The predicted molar refractivity (Wildman–Crippen MR) is 80.4 cm³/mol. The summed E-state index contributed by atoms with van der Waals surface area (Å²) in [6.07, 6.45) is 2.08. The Morgan fingerprint density at radius 1 is 1.21 bits per heavy atom. The van der Waals surface area contributed by atoms with Crippen LogP contribution in [0.3, 0.4) is 0 Å². The highest BCUT2D eigenvalue weighted by molar-refractivity contribution is 5.96. The van der Waals surface area contributed by atoms with E-state index in [0.29, 0.717) is 17.8 Å². The molecule has 106 valence electrons. The van der Waals surface area contributed by atoms with Crippen LogP contribution >= 0.6 is 0 Å². The van der Waals surface area contributed by atoms with Gasteiger partial charge < -0.3 is 16.0 Å². The van der Waals surface area contributed by atoms with Gasteiger partial charge in [0.15, 0.2) is 0 Å². The summed E-state index contributed by atoms with van der Waals surface area (Å²) >= 11 is 0. The Morgan fingerprint density at radius 2 is 1.89 bits per heavy atom. The van der Waals surface area contributed by atoms with Crippen molar-refractivity contribution in [2.75, 3.05) is 32.9 Å². The molecule has 0 aliphatic rings. The summed E-state index contributed by atoms with van der Waals surface area (Å²) in [7, 11) is 4.11. The molecule has 0 saturated carbocycles. The molecule has 0 atom stereocenters. The molecule has 1 rings (SSSR count). The second-order valence-corrected chi connectivity index (χ2v) is 5.29. The second-order valence-electron chi connectivity index (χ2n) is 5.29. The largest absolute Gasteiger partial charge is 0.398 e. The fourth-order valence-electron chi connectivity index (χ4n) is 1.96. The lowest BCUT2D eigenvalue weighted by atomic mass is 10.0. The number of hydrogen-bond donors (Lipinski definition) is 2. The number of rotatable bonds is 6. The molecule has 0 bridgehead atoms. The van der Waals surface area contributed by atoms with Crippen molar-refractivity contribution < 1.29 is 4.79 Å². The number of nitrogens with two attached hydrogens (primary N) is 1. The molecule has 1 aromatic carbocycles. The molecule has 0 radical (unpaired) electrons. The minimum atomic E-state index is -0.0333. The van der Waals surface area contributed by atoms with Crippen LogP contribution in [-0.2, 0) is 0 Å². The lowest BCUT2D eigenvalue weighted by Crippen LogP contribution is -2.26. The van der Waals surface area contributed by atoms with Gasteiger partial charge in [0, 0.05) is 17.8 Å². The summed E-state index contributed by atoms with van der Waals surface area (Å²) in [6, 6.07) is 3.72. The lowest BCUT2D eigenvalue weighted by molar-refractivity contribution is 0.0952. The molecule has 0 saturated heterocycles. The van der Waals surface area contributed by atoms with Gasteiger partial charge in [-0.05, 0) is 64.5 Å². The predicted octanol–water partition coefficient (Wildman–Crippen LogP) is 1.96. The molecule has 19 heavy (non-hydrogen) atoms. The van der Waals surface area contributed by atoms with Crippen molar-refractivity contribution in [3.8, 4) is 0 Å². The van der Waals surface area contributed by atoms with E-state index in [2.05, 4.69) is 24.3 Å². The third-order valence-electron chi connectivity index (χ3n) is 3.18. The van der Waals surface area contributed by atoms with E-state index in [4.69, 9.17) is 5.73 Å². The fraction of sp³-hybridized carbons (Fsp3) is 0.533. The summed E-state index contributed by atoms with van der Waals surface area (Å²) in [5.74, 6) is -0.0333. The molecule has 0 spiro atoms. The zero-order valence-electron chi connectivity index (χ0n) is 12.4. The maximum atomic E-state index is 12.0. The van der Waals surface area contributed by atoms with Crippen LogP contribution in [0.25, 0.3) is 0 Å². The monoisotopic (exact) mass is 263 g/mol. The summed E-state index contributed by atoms with van der Waals surface area (Å²) in [6.45, 7) is 5.64. The highest BCUT2D eigenvalue weighted by Crippen LogP contribution is 2.17. The minimum absolute atomic E-state index is 0.0333. The van der Waals surface area contributed by atoms with Crippen molar-refractivity contribution in [1.82, 2.24) is 10.2 Å². The van der Waals surface area contributed by atoms with Crippen LogP contribution in [0.1, 0.15) is 34.3 Å². The first-order chi connectivity index (χ1) is 8.91. The summed E-state index contributed by atoms with van der Waals surface area (Å²) in [5.41, 5.74) is 9.18. The van der Waals surface area contributed by atoms with Crippen LogP contribution in [0.15, 0.2) is 12.1 Å². The zero-order chi connectivity index (χ0) is 14.4. The number of unbranched alkanes of at least 4 members (excludes halogenated alkanes) is 1. The third kappa shape index (κ3) is 4.91. The molecule has 0 aromatic heterocycles. The number of nitrogens with zero attached hydrogens (tertiary/aromatic N) is 1. The average molecular weight is 263 g/mol. The number of nitrogens with one attached hydrogen (secondary N) is 1. The van der Waals surface area contributed by atoms with Gasteiger partial charge in [-0.1, -0.05) is 6.07 Å². The summed E-state index contributed by atoms with van der Waals surface area (Å²) in [4.78, 5) is 14.2. The molecule has 0 fully saturated rings. The highest BCUT2D eigenvalue weighted by atomic mass is 16.1. The van der Waals surface area contributed by atoms with Gasteiger partial charge in [-0.2, -0.15) is 0 Å². The standard InChI is InChI=1S/C15H25N3O/c1-11-9-12(2)14(16)10-13(11)15(19)17-7-5-6-8-18(3)4/h9-10H,5-8,16H2,1-4H3,(H,17,19). The Balaban J connectivity index is 2.48. The quantitative estimate of drug-likeness (QED) is 0.609. The van der Waals surface area contributed by atoms with Gasteiger partial charge in [-0.25, -0.2) is 0 Å². The molecule has 4 heteroatoms. The molecule has 1 amide bonds. The average Bonchev–Trinajstić information content (AvgIpc) is 2.32. The molecule has 0 heterocycles. The number of benzene rings is 1. The van der Waals surface area contributed by atoms with Gasteiger partial charge in [-0.3, -0.25) is 4.79 Å². The second kappa shape index (κ2) is 7.14. The Bertz CT molecular complexity index is 441. The molecule has 0 unspecified atom stereocenters. The van der Waals surface area contributed by atoms with Gasteiger partial charge in [0.05, 0.1) is 0 Å². The van der Waals surface area contributed by atoms with Crippen molar-refractivity contribution in [2.45, 2.75) is 26.7 Å². The number of aryl methyl sites for hydroxylation is 2. The number of carbonyl (C=O) groups excluding carboxylic acids is 1. The van der Waals surface area contributed by atoms with Gasteiger partial charge in [0.1, 0.15) is 0 Å². The maximum Gasteiger partial charge on any atom is 0.251 e. The van der Waals surface area contributed by atoms with Crippen molar-refractivity contribution in [1.29, 1.82) is 0 Å². The molecular formula is C15H25N3O. The maximum absolute atomic E-state index is 12.0. The van der Waals surface area contributed by atoms with Gasteiger partial charge in [0.25, 0.3) is 5.91 Å². The van der Waals surface area contributed by atoms with Crippen LogP contribution < -0.4 is 11.1 Å². The molecular weight excluding hydrogens is 238 g/mol. The lowest BCUT2D eigenvalue weighted by Gasteiger charge is -2.11. The third-order valence-corrected chi connectivity index (χ3v) is 3.18. The fourth-order valence-corrected chi connectivity index (χ4v) is 1.96. The molecule has 0 aliphatic carbocycles. The summed E-state index contributed by atoms with van der Waals surface area (Å²) < 4.78 is 0. The van der Waals surface area contributed by atoms with E-state index in [1.54, 1.807) is 6.07 Å². The number of carbonyl (C=O) groups is 1. The Kier molecular flexibility index (Phi) is 5.83. The van der Waals surface area contributed by atoms with E-state index in [1.165, 1.54) is 0 Å². The SMILES string of the molecule is Cc1cc(C)c(C(=O)NCCCCN(C)C)cc1N. The van der Waals surface area contributed by atoms with Crippen LogP contribution in [0.2, 0.25) is 0 Å². The number of amides is 1.